The molecule has 3 aromatic rings. The van der Waals surface area contributed by atoms with Gasteiger partial charge in [0.25, 0.3) is 5.56 Å². The van der Waals surface area contributed by atoms with Gasteiger partial charge in [0, 0.05) is 26.4 Å². The summed E-state index contributed by atoms with van der Waals surface area (Å²) in [6, 6.07) is 13.6. The summed E-state index contributed by atoms with van der Waals surface area (Å²) in [5.74, 6) is 0.577. The van der Waals surface area contributed by atoms with Crippen LogP contribution in [0.3, 0.4) is 0 Å². The molecule has 0 saturated heterocycles. The molecule has 0 bridgehead atoms. The van der Waals surface area contributed by atoms with Gasteiger partial charge in [-0.05, 0) is 31.0 Å². The summed E-state index contributed by atoms with van der Waals surface area (Å²) in [6.07, 6.45) is 0.721. The third kappa shape index (κ3) is 3.82. The monoisotopic (exact) mass is 349 g/mol. The summed E-state index contributed by atoms with van der Waals surface area (Å²) < 4.78 is 1.54. The SMILES string of the molecule is Cc1cccc(CNC(=O)CCc2nc3c(C)cccc3c(=O)n2C)c1. The van der Waals surface area contributed by atoms with E-state index in [2.05, 4.69) is 16.4 Å². The van der Waals surface area contributed by atoms with Gasteiger partial charge in [0.15, 0.2) is 0 Å². The molecule has 1 amide bonds. The Morgan fingerprint density at radius 3 is 2.69 bits per heavy atom. The maximum Gasteiger partial charge on any atom is 0.261 e. The van der Waals surface area contributed by atoms with E-state index in [4.69, 9.17) is 0 Å². The quantitative estimate of drug-likeness (QED) is 0.770. The number of fused-ring (bicyclic) bond motifs is 1. The number of hydrogen-bond donors (Lipinski definition) is 1. The van der Waals surface area contributed by atoms with Crippen LogP contribution in [0.4, 0.5) is 0 Å². The molecule has 0 saturated carbocycles. The summed E-state index contributed by atoms with van der Waals surface area (Å²) in [7, 11) is 1.71. The van der Waals surface area contributed by atoms with E-state index >= 15 is 0 Å². The number of carbonyl (C=O) groups is 1. The predicted octanol–water partition coefficient (Wildman–Crippen LogP) is 2.80. The van der Waals surface area contributed by atoms with Crippen molar-refractivity contribution in [1.82, 2.24) is 14.9 Å². The molecule has 5 heteroatoms. The minimum atomic E-state index is -0.0751. The Bertz CT molecular complexity index is 1020. The molecule has 0 aliphatic carbocycles. The van der Waals surface area contributed by atoms with Crippen LogP contribution in [0, 0.1) is 13.8 Å². The van der Waals surface area contributed by atoms with E-state index in [1.807, 2.05) is 44.2 Å². The average molecular weight is 349 g/mol. The highest BCUT2D eigenvalue weighted by Gasteiger charge is 2.11. The lowest BCUT2D eigenvalue weighted by molar-refractivity contribution is -0.121. The molecule has 2 aromatic carbocycles. The van der Waals surface area contributed by atoms with E-state index in [0.717, 1.165) is 11.1 Å². The molecule has 0 fully saturated rings. The first kappa shape index (κ1) is 17.9. The van der Waals surface area contributed by atoms with Crippen LogP contribution < -0.4 is 10.9 Å². The van der Waals surface area contributed by atoms with E-state index in [-0.39, 0.29) is 11.5 Å². The van der Waals surface area contributed by atoms with Crippen molar-refractivity contribution in [3.05, 3.63) is 75.3 Å². The number of nitrogens with zero attached hydrogens (tertiary/aromatic N) is 2. The third-order valence-corrected chi connectivity index (χ3v) is 4.55. The molecular formula is C21H23N3O2. The highest BCUT2D eigenvalue weighted by atomic mass is 16.1. The average Bonchev–Trinajstić information content (AvgIpc) is 2.62. The zero-order valence-electron chi connectivity index (χ0n) is 15.4. The van der Waals surface area contributed by atoms with Gasteiger partial charge in [-0.1, -0.05) is 42.0 Å². The van der Waals surface area contributed by atoms with Crippen LogP contribution in [-0.4, -0.2) is 15.5 Å². The van der Waals surface area contributed by atoms with Crippen LogP contribution in [0.2, 0.25) is 0 Å². The Morgan fingerprint density at radius 2 is 1.92 bits per heavy atom. The Kier molecular flexibility index (Phi) is 5.16. The second kappa shape index (κ2) is 7.52. The molecule has 26 heavy (non-hydrogen) atoms. The molecule has 0 spiro atoms. The Hall–Kier alpha value is -2.95. The maximum atomic E-state index is 12.5. The third-order valence-electron chi connectivity index (χ3n) is 4.55. The first-order valence-corrected chi connectivity index (χ1v) is 8.73. The van der Waals surface area contributed by atoms with Gasteiger partial charge in [-0.25, -0.2) is 4.98 Å². The zero-order valence-corrected chi connectivity index (χ0v) is 15.4. The molecule has 1 aromatic heterocycles. The van der Waals surface area contributed by atoms with Crippen molar-refractivity contribution in [2.75, 3.05) is 0 Å². The van der Waals surface area contributed by atoms with Crippen LogP contribution in [0.1, 0.15) is 28.9 Å². The molecule has 0 atom stereocenters. The maximum absolute atomic E-state index is 12.5. The number of amides is 1. The van der Waals surface area contributed by atoms with E-state index in [1.165, 1.54) is 10.1 Å². The topological polar surface area (TPSA) is 64.0 Å². The van der Waals surface area contributed by atoms with Gasteiger partial charge in [0.05, 0.1) is 10.9 Å². The number of benzene rings is 2. The smallest absolute Gasteiger partial charge is 0.261 e. The summed E-state index contributed by atoms with van der Waals surface area (Å²) in [4.78, 5) is 29.3. The van der Waals surface area contributed by atoms with Gasteiger partial charge >= 0.3 is 0 Å². The van der Waals surface area contributed by atoms with E-state index < -0.39 is 0 Å². The second-order valence-corrected chi connectivity index (χ2v) is 6.63. The molecule has 1 N–H and O–H groups in total. The molecule has 0 unspecified atom stereocenters. The van der Waals surface area contributed by atoms with Crippen molar-refractivity contribution >= 4 is 16.8 Å². The highest BCUT2D eigenvalue weighted by molar-refractivity contribution is 5.81. The molecule has 0 radical (unpaired) electrons. The fourth-order valence-corrected chi connectivity index (χ4v) is 3.04. The van der Waals surface area contributed by atoms with Crippen molar-refractivity contribution in [3.63, 3.8) is 0 Å². The van der Waals surface area contributed by atoms with Crippen LogP contribution >= 0.6 is 0 Å². The normalized spacial score (nSPS) is 10.9. The van der Waals surface area contributed by atoms with Crippen molar-refractivity contribution in [3.8, 4) is 0 Å². The minimum Gasteiger partial charge on any atom is -0.352 e. The van der Waals surface area contributed by atoms with Gasteiger partial charge in [-0.3, -0.25) is 14.2 Å². The summed E-state index contributed by atoms with van der Waals surface area (Å²) in [5, 5.41) is 3.54. The number of rotatable bonds is 5. The lowest BCUT2D eigenvalue weighted by Crippen LogP contribution is -2.26. The standard InChI is InChI=1S/C21H23N3O2/c1-14-6-4-8-16(12-14)13-22-19(25)11-10-18-23-20-15(2)7-5-9-17(20)21(26)24(18)3/h4-9,12H,10-11,13H2,1-3H3,(H,22,25). The Balaban J connectivity index is 1.69. The predicted molar refractivity (Wildman–Crippen MR) is 103 cm³/mol. The number of hydrogen-bond acceptors (Lipinski definition) is 3. The van der Waals surface area contributed by atoms with Crippen molar-refractivity contribution in [2.45, 2.75) is 33.2 Å². The van der Waals surface area contributed by atoms with Gasteiger partial charge in [0.2, 0.25) is 5.91 Å². The van der Waals surface area contributed by atoms with Crippen LogP contribution in [0.5, 0.6) is 0 Å². The van der Waals surface area contributed by atoms with E-state index in [1.54, 1.807) is 13.1 Å². The van der Waals surface area contributed by atoms with Gasteiger partial charge < -0.3 is 5.32 Å². The summed E-state index contributed by atoms with van der Waals surface area (Å²) >= 11 is 0. The molecule has 5 nitrogen and oxygen atoms in total. The summed E-state index contributed by atoms with van der Waals surface area (Å²) in [6.45, 7) is 4.47. The number of aromatic nitrogens is 2. The van der Waals surface area contributed by atoms with Gasteiger partial charge in [0.1, 0.15) is 5.82 Å². The van der Waals surface area contributed by atoms with Crippen LogP contribution in [0.25, 0.3) is 10.9 Å². The first-order valence-electron chi connectivity index (χ1n) is 8.73. The molecule has 0 aliphatic heterocycles. The van der Waals surface area contributed by atoms with Crippen LogP contribution in [-0.2, 0) is 24.8 Å². The second-order valence-electron chi connectivity index (χ2n) is 6.63. The Morgan fingerprint density at radius 1 is 1.15 bits per heavy atom. The lowest BCUT2D eigenvalue weighted by atomic mass is 10.1. The van der Waals surface area contributed by atoms with Crippen molar-refractivity contribution in [1.29, 1.82) is 0 Å². The van der Waals surface area contributed by atoms with Crippen molar-refractivity contribution in [2.24, 2.45) is 7.05 Å². The van der Waals surface area contributed by atoms with E-state index in [0.29, 0.717) is 36.1 Å². The zero-order chi connectivity index (χ0) is 18.7. The fourth-order valence-electron chi connectivity index (χ4n) is 3.04. The largest absolute Gasteiger partial charge is 0.352 e. The minimum absolute atomic E-state index is 0.0503. The van der Waals surface area contributed by atoms with Gasteiger partial charge in [-0.15, -0.1) is 0 Å². The highest BCUT2D eigenvalue weighted by Crippen LogP contribution is 2.13. The van der Waals surface area contributed by atoms with Crippen molar-refractivity contribution < 1.29 is 4.79 Å². The molecule has 3 rings (SSSR count). The fraction of sp³-hybridized carbons (Fsp3) is 0.286. The molecule has 0 aliphatic rings. The molecule has 134 valence electrons. The van der Waals surface area contributed by atoms with Gasteiger partial charge in [-0.2, -0.15) is 0 Å². The van der Waals surface area contributed by atoms with E-state index in [9.17, 15) is 9.59 Å². The van der Waals surface area contributed by atoms with Crippen LogP contribution in [0.15, 0.2) is 47.3 Å². The summed E-state index contributed by atoms with van der Waals surface area (Å²) in [5.41, 5.74) is 3.85. The molecular weight excluding hydrogens is 326 g/mol. The number of nitrogens with one attached hydrogen (secondary N) is 1. The number of aryl methyl sites for hydroxylation is 3. The Labute approximate surface area is 152 Å². The number of carbonyl (C=O) groups excluding carboxylic acids is 1. The number of para-hydroxylation sites is 1. The molecule has 1 heterocycles. The lowest BCUT2D eigenvalue weighted by Gasteiger charge is -2.11. The first-order chi connectivity index (χ1) is 12.5.